The largest absolute Gasteiger partial charge is 0.368 e. The van der Waals surface area contributed by atoms with Crippen molar-refractivity contribution in [2.45, 2.75) is 18.1 Å². The molecule has 2 amide bonds. The highest BCUT2D eigenvalue weighted by atomic mass is 32.2. The minimum absolute atomic E-state index is 0.0104. The molecule has 0 spiro atoms. The van der Waals surface area contributed by atoms with Crippen LogP contribution in [0, 0.1) is 0 Å². The van der Waals surface area contributed by atoms with E-state index >= 15 is 0 Å². The Kier molecular flexibility index (Phi) is 4.95. The fraction of sp³-hybridized carbons (Fsp3) is 0.222. The van der Waals surface area contributed by atoms with Gasteiger partial charge in [0.05, 0.1) is 10.6 Å². The highest BCUT2D eigenvalue weighted by Gasteiger charge is 2.25. The number of primary amides is 1. The van der Waals surface area contributed by atoms with Crippen molar-refractivity contribution in [2.75, 3.05) is 17.2 Å². The molecule has 138 valence electrons. The van der Waals surface area contributed by atoms with E-state index < -0.39 is 5.91 Å². The molecule has 1 aliphatic heterocycles. The zero-order chi connectivity index (χ0) is 18.8. The van der Waals surface area contributed by atoms with Crippen molar-refractivity contribution >= 4 is 40.6 Å². The normalized spacial score (nSPS) is 13.0. The van der Waals surface area contributed by atoms with E-state index in [4.69, 9.17) is 5.73 Å². The SMILES string of the molecule is NC(=O)Cn1c(SCC(=O)N2CCc3ccccc32)nnc1-c1cccs1. The number of aromatic nitrogens is 3. The van der Waals surface area contributed by atoms with Crippen molar-refractivity contribution in [3.05, 3.63) is 47.3 Å². The maximum atomic E-state index is 12.7. The van der Waals surface area contributed by atoms with Crippen molar-refractivity contribution in [1.82, 2.24) is 14.8 Å². The number of benzene rings is 1. The summed E-state index contributed by atoms with van der Waals surface area (Å²) in [5.41, 5.74) is 7.55. The van der Waals surface area contributed by atoms with E-state index in [1.165, 1.54) is 28.7 Å². The predicted octanol–water partition coefficient (Wildman–Crippen LogP) is 2.17. The summed E-state index contributed by atoms with van der Waals surface area (Å²) in [6.45, 7) is 0.663. The first-order valence-electron chi connectivity index (χ1n) is 8.40. The number of carbonyl (C=O) groups is 2. The number of amides is 2. The van der Waals surface area contributed by atoms with Crippen LogP contribution in [-0.2, 0) is 22.6 Å². The highest BCUT2D eigenvalue weighted by molar-refractivity contribution is 7.99. The quantitative estimate of drug-likeness (QED) is 0.641. The van der Waals surface area contributed by atoms with Crippen LogP contribution in [0.4, 0.5) is 5.69 Å². The first-order chi connectivity index (χ1) is 13.1. The molecular weight excluding hydrogens is 382 g/mol. The smallest absolute Gasteiger partial charge is 0.237 e. The van der Waals surface area contributed by atoms with Crippen LogP contribution in [0.1, 0.15) is 5.56 Å². The number of thiophene rings is 1. The van der Waals surface area contributed by atoms with Crippen LogP contribution >= 0.6 is 23.1 Å². The molecular formula is C18H17N5O2S2. The molecule has 3 heterocycles. The van der Waals surface area contributed by atoms with Crippen LogP contribution in [0.15, 0.2) is 46.9 Å². The van der Waals surface area contributed by atoms with Gasteiger partial charge in [0.2, 0.25) is 11.8 Å². The summed E-state index contributed by atoms with van der Waals surface area (Å²) in [7, 11) is 0. The first-order valence-corrected chi connectivity index (χ1v) is 10.3. The van der Waals surface area contributed by atoms with Crippen LogP contribution in [0.3, 0.4) is 0 Å². The lowest BCUT2D eigenvalue weighted by molar-refractivity contribution is -0.118. The molecule has 4 rings (SSSR count). The second-order valence-electron chi connectivity index (χ2n) is 6.05. The van der Waals surface area contributed by atoms with Crippen LogP contribution in [-0.4, -0.2) is 38.9 Å². The first kappa shape index (κ1) is 17.7. The van der Waals surface area contributed by atoms with Gasteiger partial charge in [-0.25, -0.2) is 0 Å². The van der Waals surface area contributed by atoms with Gasteiger partial charge in [0.15, 0.2) is 11.0 Å². The van der Waals surface area contributed by atoms with E-state index in [1.807, 2.05) is 41.8 Å². The number of carbonyl (C=O) groups excluding carboxylic acids is 2. The minimum Gasteiger partial charge on any atom is -0.368 e. The molecule has 0 saturated heterocycles. The number of nitrogens with two attached hydrogens (primary N) is 1. The van der Waals surface area contributed by atoms with Gasteiger partial charge in [-0.05, 0) is 29.5 Å². The molecule has 1 aromatic carbocycles. The van der Waals surface area contributed by atoms with Crippen LogP contribution < -0.4 is 10.6 Å². The Balaban J connectivity index is 1.51. The average Bonchev–Trinajstić information content (AvgIpc) is 3.39. The van der Waals surface area contributed by atoms with Gasteiger partial charge in [-0.15, -0.1) is 21.5 Å². The summed E-state index contributed by atoms with van der Waals surface area (Å²) in [6.07, 6.45) is 0.868. The van der Waals surface area contributed by atoms with Crippen LogP contribution in [0.25, 0.3) is 10.7 Å². The van der Waals surface area contributed by atoms with Gasteiger partial charge >= 0.3 is 0 Å². The van der Waals surface area contributed by atoms with Crippen molar-refractivity contribution < 1.29 is 9.59 Å². The molecule has 0 radical (unpaired) electrons. The van der Waals surface area contributed by atoms with Crippen molar-refractivity contribution in [3.8, 4) is 10.7 Å². The Bertz CT molecular complexity index is 984. The monoisotopic (exact) mass is 399 g/mol. The number of hydrogen-bond donors (Lipinski definition) is 1. The second kappa shape index (κ2) is 7.53. The van der Waals surface area contributed by atoms with Crippen LogP contribution in [0.2, 0.25) is 0 Å². The summed E-state index contributed by atoms with van der Waals surface area (Å²) in [4.78, 5) is 26.9. The number of hydrogen-bond acceptors (Lipinski definition) is 6. The van der Waals surface area contributed by atoms with E-state index in [0.717, 1.165) is 17.0 Å². The fourth-order valence-corrected chi connectivity index (χ4v) is 4.61. The maximum Gasteiger partial charge on any atom is 0.237 e. The van der Waals surface area contributed by atoms with Crippen molar-refractivity contribution in [3.63, 3.8) is 0 Å². The Morgan fingerprint density at radius 3 is 2.81 bits per heavy atom. The molecule has 2 aromatic heterocycles. The van der Waals surface area contributed by atoms with Gasteiger partial charge in [0.1, 0.15) is 6.54 Å². The Morgan fingerprint density at radius 1 is 1.19 bits per heavy atom. The van der Waals surface area contributed by atoms with Crippen LogP contribution in [0.5, 0.6) is 0 Å². The third-order valence-electron chi connectivity index (χ3n) is 4.29. The molecule has 0 aliphatic carbocycles. The molecule has 27 heavy (non-hydrogen) atoms. The molecule has 0 unspecified atom stereocenters. The second-order valence-corrected chi connectivity index (χ2v) is 7.94. The average molecular weight is 400 g/mol. The molecule has 3 aromatic rings. The van der Waals surface area contributed by atoms with E-state index in [-0.39, 0.29) is 18.2 Å². The zero-order valence-electron chi connectivity index (χ0n) is 14.4. The molecule has 9 heteroatoms. The van der Waals surface area contributed by atoms with Crippen molar-refractivity contribution in [2.24, 2.45) is 5.73 Å². The maximum absolute atomic E-state index is 12.7. The number of anilines is 1. The van der Waals surface area contributed by atoms with Crippen molar-refractivity contribution in [1.29, 1.82) is 0 Å². The molecule has 0 saturated carbocycles. The van der Waals surface area contributed by atoms with Gasteiger partial charge < -0.3 is 10.6 Å². The summed E-state index contributed by atoms with van der Waals surface area (Å²) in [5, 5.41) is 10.8. The number of rotatable bonds is 6. The molecule has 7 nitrogen and oxygen atoms in total. The standard InChI is InChI=1S/C18H17N5O2S2/c19-15(24)10-23-17(14-6-3-9-26-14)20-21-18(23)27-11-16(25)22-8-7-12-4-1-2-5-13(12)22/h1-6,9H,7-8,10-11H2,(H2,19,24). The van der Waals surface area contributed by atoms with Gasteiger partial charge in [-0.2, -0.15) is 0 Å². The number of para-hydroxylation sites is 1. The lowest BCUT2D eigenvalue weighted by Crippen LogP contribution is -2.30. The van der Waals surface area contributed by atoms with Gasteiger partial charge in [-0.1, -0.05) is 36.0 Å². The molecule has 0 bridgehead atoms. The van der Waals surface area contributed by atoms with Gasteiger partial charge in [0.25, 0.3) is 0 Å². The fourth-order valence-electron chi connectivity index (χ4n) is 3.08. The topological polar surface area (TPSA) is 94.1 Å². The van der Waals surface area contributed by atoms with E-state index in [2.05, 4.69) is 10.2 Å². The summed E-state index contributed by atoms with van der Waals surface area (Å²) >= 11 is 2.78. The lowest BCUT2D eigenvalue weighted by Gasteiger charge is -2.17. The molecule has 0 atom stereocenters. The van der Waals surface area contributed by atoms with E-state index in [1.54, 1.807) is 9.47 Å². The lowest BCUT2D eigenvalue weighted by atomic mass is 10.2. The highest BCUT2D eigenvalue weighted by Crippen LogP contribution is 2.30. The summed E-state index contributed by atoms with van der Waals surface area (Å²) in [6, 6.07) is 11.8. The third-order valence-corrected chi connectivity index (χ3v) is 6.10. The molecule has 1 aliphatic rings. The van der Waals surface area contributed by atoms with E-state index in [9.17, 15) is 9.59 Å². The van der Waals surface area contributed by atoms with E-state index in [0.29, 0.717) is 17.5 Å². The zero-order valence-corrected chi connectivity index (χ0v) is 16.0. The molecule has 0 fully saturated rings. The number of nitrogens with zero attached hydrogens (tertiary/aromatic N) is 4. The number of thioether (sulfide) groups is 1. The minimum atomic E-state index is -0.478. The number of fused-ring (bicyclic) bond motifs is 1. The Morgan fingerprint density at radius 2 is 2.04 bits per heavy atom. The summed E-state index contributed by atoms with van der Waals surface area (Å²) in [5.74, 6) is 0.339. The Labute approximate surface area is 164 Å². The third kappa shape index (κ3) is 3.60. The van der Waals surface area contributed by atoms with Gasteiger partial charge in [0, 0.05) is 12.2 Å². The predicted molar refractivity (Wildman–Crippen MR) is 106 cm³/mol. The Hall–Kier alpha value is -2.65. The van der Waals surface area contributed by atoms with Gasteiger partial charge in [-0.3, -0.25) is 14.2 Å². The molecule has 2 N–H and O–H groups in total. The summed E-state index contributed by atoms with van der Waals surface area (Å²) < 4.78 is 1.67.